The van der Waals surface area contributed by atoms with Crippen LogP contribution in [-0.4, -0.2) is 46.9 Å². The van der Waals surface area contributed by atoms with Crippen molar-refractivity contribution in [3.8, 4) is 0 Å². The Balaban J connectivity index is 2.22. The zero-order chi connectivity index (χ0) is 19.0. The molecule has 0 bridgehead atoms. The quantitative estimate of drug-likeness (QED) is 0.833. The zero-order valence-electron chi connectivity index (χ0n) is 15.5. The molecule has 2 aromatic rings. The number of carbonyl (C=O) groups excluding carboxylic acids is 2. The number of ketones is 1. The van der Waals surface area contributed by atoms with E-state index in [2.05, 4.69) is 4.98 Å². The van der Waals surface area contributed by atoms with E-state index in [0.717, 1.165) is 22.2 Å². The van der Waals surface area contributed by atoms with Gasteiger partial charge in [-0.3, -0.25) is 9.59 Å². The Labute approximate surface area is 152 Å². The highest BCUT2D eigenvalue weighted by molar-refractivity contribution is 6.10. The lowest BCUT2D eigenvalue weighted by atomic mass is 9.90. The predicted molar refractivity (Wildman–Crippen MR) is 98.9 cm³/mol. The van der Waals surface area contributed by atoms with Crippen molar-refractivity contribution in [3.63, 3.8) is 0 Å². The molecule has 1 aliphatic heterocycles. The number of rotatable bonds is 6. The van der Waals surface area contributed by atoms with Crippen molar-refractivity contribution in [1.82, 2.24) is 9.88 Å². The van der Waals surface area contributed by atoms with Gasteiger partial charge in [0, 0.05) is 41.7 Å². The number of hydrogen-bond donors (Lipinski definition) is 2. The first kappa shape index (κ1) is 18.2. The molecule has 2 heterocycles. The van der Waals surface area contributed by atoms with Gasteiger partial charge in [-0.05, 0) is 13.0 Å². The molecule has 1 aliphatic rings. The molecule has 138 valence electrons. The van der Waals surface area contributed by atoms with Crippen molar-refractivity contribution in [2.45, 2.75) is 26.8 Å². The Kier molecular flexibility index (Phi) is 4.87. The summed E-state index contributed by atoms with van der Waals surface area (Å²) in [7, 11) is 1.56. The maximum atomic E-state index is 12.8. The maximum absolute atomic E-state index is 12.8. The van der Waals surface area contributed by atoms with Crippen LogP contribution in [0.15, 0.2) is 35.6 Å². The minimum absolute atomic E-state index is 0.175. The second-order valence-corrected chi connectivity index (χ2v) is 6.88. The van der Waals surface area contributed by atoms with E-state index in [4.69, 9.17) is 4.74 Å². The van der Waals surface area contributed by atoms with Gasteiger partial charge in [-0.1, -0.05) is 32.0 Å². The molecule has 1 aromatic heterocycles. The van der Waals surface area contributed by atoms with Gasteiger partial charge in [0.15, 0.2) is 11.5 Å². The summed E-state index contributed by atoms with van der Waals surface area (Å²) < 4.78 is 5.13. The molecule has 6 heteroatoms. The number of hydrogen-bond acceptors (Lipinski definition) is 4. The van der Waals surface area contributed by atoms with Crippen LogP contribution in [0, 0.1) is 12.8 Å². The summed E-state index contributed by atoms with van der Waals surface area (Å²) in [6.45, 7) is 6.06. The van der Waals surface area contributed by atoms with E-state index in [1.807, 2.05) is 31.2 Å². The van der Waals surface area contributed by atoms with Crippen LogP contribution in [-0.2, 0) is 14.3 Å². The van der Waals surface area contributed by atoms with Crippen molar-refractivity contribution < 1.29 is 19.4 Å². The summed E-state index contributed by atoms with van der Waals surface area (Å²) in [5.41, 5.74) is 2.82. The molecule has 0 aliphatic carbocycles. The van der Waals surface area contributed by atoms with E-state index in [1.165, 1.54) is 4.90 Å². The Morgan fingerprint density at radius 3 is 2.69 bits per heavy atom. The monoisotopic (exact) mass is 356 g/mol. The minimum Gasteiger partial charge on any atom is -0.503 e. The molecule has 0 saturated carbocycles. The van der Waals surface area contributed by atoms with Gasteiger partial charge in [-0.2, -0.15) is 0 Å². The highest BCUT2D eigenvalue weighted by Crippen LogP contribution is 2.42. The number of ether oxygens (including phenoxy) is 1. The fraction of sp³-hybridized carbons (Fsp3) is 0.400. The first-order valence-corrected chi connectivity index (χ1v) is 8.72. The van der Waals surface area contributed by atoms with Crippen LogP contribution < -0.4 is 0 Å². The molecule has 0 radical (unpaired) electrons. The number of aliphatic hydroxyl groups excluding tert-OH is 1. The Hall–Kier alpha value is -2.60. The number of para-hydroxylation sites is 1. The van der Waals surface area contributed by atoms with Crippen LogP contribution in [0.25, 0.3) is 10.9 Å². The fourth-order valence-corrected chi connectivity index (χ4v) is 3.59. The standard InChI is InChI=1S/C20H24N2O4/c1-11(2)18(23)16-17(22(9-10-26-4)20(25)19(16)24)15-12(3)21-14-8-6-5-7-13(14)15/h5-8,11,17,21,24H,9-10H2,1-4H3. The third-order valence-electron chi connectivity index (χ3n) is 4.85. The second-order valence-electron chi connectivity index (χ2n) is 6.88. The number of benzene rings is 1. The molecule has 1 aromatic carbocycles. The van der Waals surface area contributed by atoms with E-state index in [0.29, 0.717) is 6.61 Å². The van der Waals surface area contributed by atoms with Crippen molar-refractivity contribution in [2.24, 2.45) is 5.92 Å². The normalized spacial score (nSPS) is 17.8. The number of aromatic amines is 1. The van der Waals surface area contributed by atoms with Crippen LogP contribution in [0.2, 0.25) is 0 Å². The Morgan fingerprint density at radius 2 is 2.04 bits per heavy atom. The summed E-state index contributed by atoms with van der Waals surface area (Å²) in [5.74, 6) is -1.52. The van der Waals surface area contributed by atoms with Gasteiger partial charge in [0.25, 0.3) is 5.91 Å². The van der Waals surface area contributed by atoms with E-state index < -0.39 is 17.7 Å². The third kappa shape index (κ3) is 2.80. The predicted octanol–water partition coefficient (Wildman–Crippen LogP) is 3.04. The van der Waals surface area contributed by atoms with Gasteiger partial charge in [0.05, 0.1) is 18.2 Å². The SMILES string of the molecule is COCCN1C(=O)C(O)=C(C(=O)C(C)C)C1c1c(C)[nH]c2ccccc12. The summed E-state index contributed by atoms with van der Waals surface area (Å²) in [4.78, 5) is 30.4. The molecular formula is C20H24N2O4. The molecule has 1 atom stereocenters. The number of aliphatic hydroxyl groups is 1. The van der Waals surface area contributed by atoms with Crippen molar-refractivity contribution in [1.29, 1.82) is 0 Å². The van der Waals surface area contributed by atoms with Gasteiger partial charge in [0.2, 0.25) is 0 Å². The smallest absolute Gasteiger partial charge is 0.290 e. The Morgan fingerprint density at radius 1 is 1.35 bits per heavy atom. The average molecular weight is 356 g/mol. The topological polar surface area (TPSA) is 82.6 Å². The second kappa shape index (κ2) is 6.96. The lowest BCUT2D eigenvalue weighted by Gasteiger charge is -2.27. The fourth-order valence-electron chi connectivity index (χ4n) is 3.59. The summed E-state index contributed by atoms with van der Waals surface area (Å²) in [5, 5.41) is 11.4. The van der Waals surface area contributed by atoms with E-state index in [9.17, 15) is 14.7 Å². The van der Waals surface area contributed by atoms with Gasteiger partial charge >= 0.3 is 0 Å². The summed E-state index contributed by atoms with van der Waals surface area (Å²) >= 11 is 0. The Bertz CT molecular complexity index is 894. The number of aryl methyl sites for hydroxylation is 1. The van der Waals surface area contributed by atoms with Crippen LogP contribution in [0.1, 0.15) is 31.1 Å². The van der Waals surface area contributed by atoms with E-state index in [-0.39, 0.29) is 23.8 Å². The minimum atomic E-state index is -0.622. The van der Waals surface area contributed by atoms with Crippen molar-refractivity contribution >= 4 is 22.6 Å². The zero-order valence-corrected chi connectivity index (χ0v) is 15.5. The number of methoxy groups -OCH3 is 1. The number of Topliss-reactive ketones (excluding diaryl/α,β-unsaturated/α-hetero) is 1. The number of H-pyrrole nitrogens is 1. The van der Waals surface area contributed by atoms with Gasteiger partial charge in [-0.25, -0.2) is 0 Å². The maximum Gasteiger partial charge on any atom is 0.290 e. The highest BCUT2D eigenvalue weighted by atomic mass is 16.5. The molecule has 6 nitrogen and oxygen atoms in total. The molecule has 26 heavy (non-hydrogen) atoms. The molecule has 2 N–H and O–H groups in total. The molecule has 1 unspecified atom stereocenters. The number of nitrogens with zero attached hydrogens (tertiary/aromatic N) is 1. The number of nitrogens with one attached hydrogen (secondary N) is 1. The molecular weight excluding hydrogens is 332 g/mol. The summed E-state index contributed by atoms with van der Waals surface area (Å²) in [6, 6.07) is 7.14. The highest BCUT2D eigenvalue weighted by Gasteiger charge is 2.45. The lowest BCUT2D eigenvalue weighted by molar-refractivity contribution is -0.130. The van der Waals surface area contributed by atoms with Crippen LogP contribution in [0.5, 0.6) is 0 Å². The van der Waals surface area contributed by atoms with Crippen LogP contribution in [0.3, 0.4) is 0 Å². The molecule has 0 spiro atoms. The van der Waals surface area contributed by atoms with Gasteiger partial charge in [-0.15, -0.1) is 0 Å². The van der Waals surface area contributed by atoms with Gasteiger partial charge < -0.3 is 19.7 Å². The number of aromatic nitrogens is 1. The molecule has 3 rings (SSSR count). The molecule has 1 amide bonds. The van der Waals surface area contributed by atoms with E-state index in [1.54, 1.807) is 21.0 Å². The first-order chi connectivity index (χ1) is 12.4. The van der Waals surface area contributed by atoms with Gasteiger partial charge in [0.1, 0.15) is 0 Å². The number of carbonyl (C=O) groups is 2. The molecule has 0 saturated heterocycles. The van der Waals surface area contributed by atoms with E-state index >= 15 is 0 Å². The lowest BCUT2D eigenvalue weighted by Crippen LogP contribution is -2.34. The summed E-state index contributed by atoms with van der Waals surface area (Å²) in [6.07, 6.45) is 0. The number of fused-ring (bicyclic) bond motifs is 1. The molecule has 0 fully saturated rings. The largest absolute Gasteiger partial charge is 0.503 e. The number of amides is 1. The van der Waals surface area contributed by atoms with Crippen LogP contribution in [0.4, 0.5) is 0 Å². The first-order valence-electron chi connectivity index (χ1n) is 8.72. The van der Waals surface area contributed by atoms with Crippen molar-refractivity contribution in [2.75, 3.05) is 20.3 Å². The van der Waals surface area contributed by atoms with Crippen LogP contribution >= 0.6 is 0 Å². The average Bonchev–Trinajstić information content (AvgIpc) is 3.06. The third-order valence-corrected chi connectivity index (χ3v) is 4.85. The van der Waals surface area contributed by atoms with Crippen molar-refractivity contribution in [3.05, 3.63) is 46.9 Å².